The minimum atomic E-state index is 0.284. The van der Waals surface area contributed by atoms with Gasteiger partial charge in [0.15, 0.2) is 0 Å². The highest BCUT2D eigenvalue weighted by atomic mass is 16.4. The molecule has 1 saturated carbocycles. The quantitative estimate of drug-likeness (QED) is 0.260. The fourth-order valence-corrected chi connectivity index (χ4v) is 1.65. The molecule has 82 valence electrons. The molecule has 14 heavy (non-hydrogen) atoms. The van der Waals surface area contributed by atoms with Gasteiger partial charge in [-0.2, -0.15) is 0 Å². The lowest BCUT2D eigenvalue weighted by Gasteiger charge is -2.16. The van der Waals surface area contributed by atoms with E-state index < -0.39 is 0 Å². The number of nitrogens with zero attached hydrogens (tertiary/aromatic N) is 1. The van der Waals surface area contributed by atoms with Gasteiger partial charge in [0, 0.05) is 12.5 Å². The Morgan fingerprint density at radius 2 is 2.21 bits per heavy atom. The highest BCUT2D eigenvalue weighted by Crippen LogP contribution is 2.36. The molecule has 2 atom stereocenters. The second-order valence-corrected chi connectivity index (χ2v) is 4.42. The van der Waals surface area contributed by atoms with Crippen LogP contribution in [0.3, 0.4) is 0 Å². The number of hydrogen-bond acceptors (Lipinski definition) is 3. The third kappa shape index (κ3) is 3.96. The number of amidine groups is 1. The van der Waals surface area contributed by atoms with Crippen molar-refractivity contribution < 1.29 is 5.21 Å². The van der Waals surface area contributed by atoms with E-state index in [1.54, 1.807) is 0 Å². The molecule has 0 aromatic carbocycles. The van der Waals surface area contributed by atoms with Crippen LogP contribution in [-0.4, -0.2) is 23.6 Å². The maximum absolute atomic E-state index is 8.39. The molecule has 4 heteroatoms. The Kier molecular flexibility index (Phi) is 4.20. The first kappa shape index (κ1) is 11.3. The molecule has 0 aromatic heterocycles. The molecular formula is C10H21N3O. The lowest BCUT2D eigenvalue weighted by Crippen LogP contribution is -2.34. The van der Waals surface area contributed by atoms with Crippen LogP contribution >= 0.6 is 0 Å². The van der Waals surface area contributed by atoms with Crippen LogP contribution in [0.1, 0.15) is 33.1 Å². The molecule has 0 radical (unpaired) electrons. The highest BCUT2D eigenvalue weighted by molar-refractivity contribution is 5.80. The first-order valence-electron chi connectivity index (χ1n) is 5.33. The molecule has 1 rings (SSSR count). The number of nitrogens with two attached hydrogens (primary N) is 1. The van der Waals surface area contributed by atoms with E-state index in [0.717, 1.165) is 18.4 Å². The van der Waals surface area contributed by atoms with Crippen LogP contribution in [0.5, 0.6) is 0 Å². The molecule has 0 spiro atoms. The molecule has 4 N–H and O–H groups in total. The molecule has 4 nitrogen and oxygen atoms in total. The molecule has 1 aliphatic carbocycles. The third-order valence-electron chi connectivity index (χ3n) is 2.86. The van der Waals surface area contributed by atoms with Gasteiger partial charge in [-0.15, -0.1) is 0 Å². The Morgan fingerprint density at radius 3 is 2.71 bits per heavy atom. The largest absolute Gasteiger partial charge is 0.409 e. The minimum Gasteiger partial charge on any atom is -0.409 e. The van der Waals surface area contributed by atoms with Crippen molar-refractivity contribution in [1.29, 1.82) is 0 Å². The van der Waals surface area contributed by atoms with E-state index in [1.165, 1.54) is 12.8 Å². The van der Waals surface area contributed by atoms with Gasteiger partial charge >= 0.3 is 0 Å². The summed E-state index contributed by atoms with van der Waals surface area (Å²) < 4.78 is 0. The summed E-state index contributed by atoms with van der Waals surface area (Å²) in [6, 6.07) is 0.284. The van der Waals surface area contributed by atoms with Gasteiger partial charge < -0.3 is 16.3 Å². The van der Waals surface area contributed by atoms with Gasteiger partial charge in [-0.1, -0.05) is 12.1 Å². The molecule has 2 unspecified atom stereocenters. The average molecular weight is 199 g/mol. The van der Waals surface area contributed by atoms with Gasteiger partial charge in [0.05, 0.1) is 0 Å². The molecule has 0 aromatic rings. The summed E-state index contributed by atoms with van der Waals surface area (Å²) in [5, 5.41) is 14.7. The average Bonchev–Trinajstić information content (AvgIpc) is 2.97. The minimum absolute atomic E-state index is 0.284. The molecule has 0 aliphatic heterocycles. The van der Waals surface area contributed by atoms with Gasteiger partial charge in [-0.25, -0.2) is 0 Å². The molecular weight excluding hydrogens is 178 g/mol. The first-order valence-corrected chi connectivity index (χ1v) is 5.33. The number of oxime groups is 1. The third-order valence-corrected chi connectivity index (χ3v) is 2.86. The topological polar surface area (TPSA) is 70.6 Å². The summed E-state index contributed by atoms with van der Waals surface area (Å²) in [7, 11) is 0. The Hall–Kier alpha value is -0.770. The van der Waals surface area contributed by atoms with E-state index in [-0.39, 0.29) is 6.04 Å². The normalized spacial score (nSPS) is 22.0. The van der Waals surface area contributed by atoms with Crippen LogP contribution < -0.4 is 11.1 Å². The van der Waals surface area contributed by atoms with Crippen LogP contribution in [0, 0.1) is 11.8 Å². The second kappa shape index (κ2) is 5.20. The van der Waals surface area contributed by atoms with Crippen LogP contribution in [0.15, 0.2) is 5.16 Å². The van der Waals surface area contributed by atoms with Gasteiger partial charge in [-0.3, -0.25) is 0 Å². The van der Waals surface area contributed by atoms with Crippen LogP contribution in [0.2, 0.25) is 0 Å². The fourth-order valence-electron chi connectivity index (χ4n) is 1.65. The smallest absolute Gasteiger partial charge is 0.140 e. The van der Waals surface area contributed by atoms with Crippen molar-refractivity contribution >= 4 is 5.84 Å². The summed E-state index contributed by atoms with van der Waals surface area (Å²) in [6.45, 7) is 5.36. The lowest BCUT2D eigenvalue weighted by atomic mass is 10.1. The molecule has 0 heterocycles. The first-order chi connectivity index (χ1) is 6.63. The van der Waals surface area contributed by atoms with Gasteiger partial charge in [-0.05, 0) is 38.1 Å². The van der Waals surface area contributed by atoms with Crippen molar-refractivity contribution in [1.82, 2.24) is 5.32 Å². The van der Waals surface area contributed by atoms with E-state index in [1.807, 2.05) is 0 Å². The predicted octanol–water partition coefficient (Wildman–Crippen LogP) is 1.15. The summed E-state index contributed by atoms with van der Waals surface area (Å²) in [6.07, 6.45) is 3.38. The van der Waals surface area contributed by atoms with E-state index in [4.69, 9.17) is 10.9 Å². The maximum Gasteiger partial charge on any atom is 0.140 e. The molecule has 0 saturated heterocycles. The van der Waals surface area contributed by atoms with Crippen molar-refractivity contribution in [3.05, 3.63) is 0 Å². The van der Waals surface area contributed by atoms with E-state index in [9.17, 15) is 0 Å². The highest BCUT2D eigenvalue weighted by Gasteiger charge is 2.27. The fraction of sp³-hybridized carbons (Fsp3) is 0.900. The van der Waals surface area contributed by atoms with Crippen LogP contribution in [-0.2, 0) is 0 Å². The molecule has 0 bridgehead atoms. The van der Waals surface area contributed by atoms with Crippen molar-refractivity contribution in [2.24, 2.45) is 22.7 Å². The van der Waals surface area contributed by atoms with Crippen molar-refractivity contribution in [3.8, 4) is 0 Å². The molecule has 1 fully saturated rings. The van der Waals surface area contributed by atoms with Crippen LogP contribution in [0.4, 0.5) is 0 Å². The predicted molar refractivity (Wildman–Crippen MR) is 57.4 cm³/mol. The van der Waals surface area contributed by atoms with E-state index >= 15 is 0 Å². The number of hydrogen-bond donors (Lipinski definition) is 3. The zero-order valence-electron chi connectivity index (χ0n) is 9.03. The van der Waals surface area contributed by atoms with Crippen molar-refractivity contribution in [2.75, 3.05) is 6.54 Å². The maximum atomic E-state index is 8.39. The zero-order chi connectivity index (χ0) is 10.6. The monoisotopic (exact) mass is 199 g/mol. The van der Waals surface area contributed by atoms with Gasteiger partial charge in [0.2, 0.25) is 0 Å². The van der Waals surface area contributed by atoms with E-state index in [0.29, 0.717) is 12.3 Å². The Balaban J connectivity index is 2.10. The summed E-state index contributed by atoms with van der Waals surface area (Å²) in [5.41, 5.74) is 5.41. The summed E-state index contributed by atoms with van der Waals surface area (Å²) in [4.78, 5) is 0. The van der Waals surface area contributed by atoms with Crippen LogP contribution in [0.25, 0.3) is 0 Å². The van der Waals surface area contributed by atoms with Crippen molar-refractivity contribution in [2.45, 2.75) is 39.2 Å². The van der Waals surface area contributed by atoms with Gasteiger partial charge in [0.1, 0.15) is 5.84 Å². The summed E-state index contributed by atoms with van der Waals surface area (Å²) >= 11 is 0. The summed E-state index contributed by atoms with van der Waals surface area (Å²) in [5.74, 6) is 1.98. The standard InChI is InChI=1S/C10H21N3O/c1-7(9-3-4-9)6-12-8(2)5-10(11)13-14/h7-9,12,14H,3-6H2,1-2H3,(H2,11,13). The van der Waals surface area contributed by atoms with E-state index in [2.05, 4.69) is 24.3 Å². The van der Waals surface area contributed by atoms with Gasteiger partial charge in [0.25, 0.3) is 0 Å². The Morgan fingerprint density at radius 1 is 1.57 bits per heavy atom. The zero-order valence-corrected chi connectivity index (χ0v) is 9.03. The Labute approximate surface area is 85.6 Å². The second-order valence-electron chi connectivity index (χ2n) is 4.42. The number of nitrogens with one attached hydrogen (secondary N) is 1. The molecule has 1 aliphatic rings. The lowest BCUT2D eigenvalue weighted by molar-refractivity contribution is 0.315. The number of rotatable bonds is 6. The van der Waals surface area contributed by atoms with Crippen molar-refractivity contribution in [3.63, 3.8) is 0 Å². The SMILES string of the molecule is CC(CC(N)=NO)NCC(C)C1CC1. The molecule has 0 amide bonds. The Bertz CT molecular complexity index is 202.